The third-order valence-electron chi connectivity index (χ3n) is 4.42. The van der Waals surface area contributed by atoms with Crippen molar-refractivity contribution in [3.8, 4) is 16.9 Å². The summed E-state index contributed by atoms with van der Waals surface area (Å²) in [6.07, 6.45) is 4.25. The van der Waals surface area contributed by atoms with Crippen LogP contribution in [0.2, 0.25) is 0 Å². The van der Waals surface area contributed by atoms with Gasteiger partial charge in [0.05, 0.1) is 7.11 Å². The molecule has 3 rings (SSSR count). The summed E-state index contributed by atoms with van der Waals surface area (Å²) in [5.41, 5.74) is 2.98. The first-order valence-electron chi connectivity index (χ1n) is 8.62. The number of ether oxygens (including phenoxy) is 1. The zero-order chi connectivity index (χ0) is 19.4. The summed E-state index contributed by atoms with van der Waals surface area (Å²) in [4.78, 5) is 0. The summed E-state index contributed by atoms with van der Waals surface area (Å²) in [6.45, 7) is 1.98. The molecule has 138 valence electrons. The molecule has 4 heteroatoms. The van der Waals surface area contributed by atoms with E-state index in [1.54, 1.807) is 42.5 Å². The monoisotopic (exact) mass is 368 g/mol. The molecule has 27 heavy (non-hydrogen) atoms. The molecule has 0 heterocycles. The fourth-order valence-electron chi connectivity index (χ4n) is 2.80. The van der Waals surface area contributed by atoms with Gasteiger partial charge in [-0.05, 0) is 41.3 Å². The highest BCUT2D eigenvalue weighted by molar-refractivity contribution is 5.72. The minimum absolute atomic E-state index is 0.132. The van der Waals surface area contributed by atoms with E-state index < -0.39 is 11.6 Å². The SMILES string of the molecule is CCc1ccc(C=Cc2ccc(-c3ccc(OC)c(F)c3F)cc2)c(F)c1. The van der Waals surface area contributed by atoms with Crippen LogP contribution >= 0.6 is 0 Å². The van der Waals surface area contributed by atoms with E-state index in [9.17, 15) is 13.2 Å². The number of rotatable bonds is 5. The van der Waals surface area contributed by atoms with Crippen LogP contribution in [0.1, 0.15) is 23.6 Å². The Morgan fingerprint density at radius 3 is 2.22 bits per heavy atom. The first-order chi connectivity index (χ1) is 13.0. The lowest BCUT2D eigenvalue weighted by atomic mass is 10.0. The van der Waals surface area contributed by atoms with Gasteiger partial charge in [0.15, 0.2) is 11.6 Å². The molecule has 0 bridgehead atoms. The molecule has 0 amide bonds. The van der Waals surface area contributed by atoms with Crippen molar-refractivity contribution in [3.05, 3.63) is 88.7 Å². The zero-order valence-corrected chi connectivity index (χ0v) is 15.1. The number of aryl methyl sites for hydroxylation is 1. The molecule has 3 aromatic rings. The molecule has 0 aliphatic rings. The molecule has 0 spiro atoms. The quantitative estimate of drug-likeness (QED) is 0.466. The van der Waals surface area contributed by atoms with Crippen LogP contribution in [0.3, 0.4) is 0 Å². The molecule has 0 aromatic heterocycles. The number of halogens is 3. The lowest BCUT2D eigenvalue weighted by Crippen LogP contribution is -1.94. The molecule has 0 N–H and O–H groups in total. The van der Waals surface area contributed by atoms with Gasteiger partial charge < -0.3 is 4.74 Å². The maximum absolute atomic E-state index is 14.2. The van der Waals surface area contributed by atoms with Crippen molar-refractivity contribution in [2.75, 3.05) is 7.11 Å². The van der Waals surface area contributed by atoms with Gasteiger partial charge in [-0.3, -0.25) is 0 Å². The first-order valence-corrected chi connectivity index (χ1v) is 8.62. The van der Waals surface area contributed by atoms with E-state index in [1.807, 2.05) is 13.0 Å². The number of hydrogen-bond acceptors (Lipinski definition) is 1. The Kier molecular flexibility index (Phi) is 5.65. The van der Waals surface area contributed by atoms with E-state index in [0.29, 0.717) is 11.1 Å². The summed E-state index contributed by atoms with van der Waals surface area (Å²) in [5, 5.41) is 0. The van der Waals surface area contributed by atoms with Gasteiger partial charge in [-0.2, -0.15) is 4.39 Å². The van der Waals surface area contributed by atoms with Crippen LogP contribution in [0.4, 0.5) is 13.2 Å². The van der Waals surface area contributed by atoms with E-state index in [2.05, 4.69) is 0 Å². The van der Waals surface area contributed by atoms with Gasteiger partial charge in [-0.25, -0.2) is 8.78 Å². The van der Waals surface area contributed by atoms with Crippen LogP contribution in [-0.4, -0.2) is 7.11 Å². The molecule has 0 fully saturated rings. The molecule has 0 unspecified atom stereocenters. The standard InChI is InChI=1S/C23H19F3O/c1-3-15-4-10-18(20(24)14-15)11-7-16-5-8-17(9-6-16)19-12-13-21(27-2)23(26)22(19)25/h4-14H,3H2,1-2H3. The molecule has 0 radical (unpaired) electrons. The fourth-order valence-corrected chi connectivity index (χ4v) is 2.80. The van der Waals surface area contributed by atoms with Crippen LogP contribution < -0.4 is 4.74 Å². The van der Waals surface area contributed by atoms with Gasteiger partial charge in [0.25, 0.3) is 0 Å². The predicted molar refractivity (Wildman–Crippen MR) is 103 cm³/mol. The van der Waals surface area contributed by atoms with Crippen molar-refractivity contribution in [3.63, 3.8) is 0 Å². The topological polar surface area (TPSA) is 9.23 Å². The average Bonchev–Trinajstić information content (AvgIpc) is 2.69. The maximum atomic E-state index is 14.2. The highest BCUT2D eigenvalue weighted by Gasteiger charge is 2.14. The molecular weight excluding hydrogens is 349 g/mol. The van der Waals surface area contributed by atoms with Crippen LogP contribution in [0.25, 0.3) is 23.3 Å². The molecule has 0 aliphatic carbocycles. The fraction of sp³-hybridized carbons (Fsp3) is 0.130. The van der Waals surface area contributed by atoms with Gasteiger partial charge >= 0.3 is 0 Å². The molecule has 0 saturated heterocycles. The molecule has 1 nitrogen and oxygen atoms in total. The van der Waals surface area contributed by atoms with Gasteiger partial charge in [-0.1, -0.05) is 55.5 Å². The highest BCUT2D eigenvalue weighted by atomic mass is 19.2. The average molecular weight is 368 g/mol. The number of hydrogen-bond donors (Lipinski definition) is 0. The zero-order valence-electron chi connectivity index (χ0n) is 15.1. The Hall–Kier alpha value is -3.01. The Labute approximate surface area is 156 Å². The summed E-state index contributed by atoms with van der Waals surface area (Å²) in [5.74, 6) is -2.36. The van der Waals surface area contributed by atoms with Crippen molar-refractivity contribution >= 4 is 12.2 Å². The third kappa shape index (κ3) is 4.05. The maximum Gasteiger partial charge on any atom is 0.201 e. The van der Waals surface area contributed by atoms with E-state index in [1.165, 1.54) is 25.3 Å². The van der Waals surface area contributed by atoms with Crippen LogP contribution in [0, 0.1) is 17.5 Å². The van der Waals surface area contributed by atoms with Crippen molar-refractivity contribution in [1.82, 2.24) is 0 Å². The predicted octanol–water partition coefficient (Wildman–Crippen LogP) is 6.51. The Morgan fingerprint density at radius 1 is 0.852 bits per heavy atom. The van der Waals surface area contributed by atoms with E-state index in [-0.39, 0.29) is 17.1 Å². The molecule has 0 aliphatic heterocycles. The smallest absolute Gasteiger partial charge is 0.201 e. The van der Waals surface area contributed by atoms with Crippen molar-refractivity contribution in [2.24, 2.45) is 0 Å². The minimum atomic E-state index is -1.01. The van der Waals surface area contributed by atoms with E-state index in [0.717, 1.165) is 17.5 Å². The second-order valence-electron chi connectivity index (χ2n) is 6.11. The molecule has 0 saturated carbocycles. The normalized spacial score (nSPS) is 11.1. The van der Waals surface area contributed by atoms with Crippen molar-refractivity contribution in [1.29, 1.82) is 0 Å². The van der Waals surface area contributed by atoms with Crippen LogP contribution in [-0.2, 0) is 6.42 Å². The van der Waals surface area contributed by atoms with Crippen LogP contribution in [0.5, 0.6) is 5.75 Å². The van der Waals surface area contributed by atoms with Gasteiger partial charge in [0.2, 0.25) is 5.82 Å². The van der Waals surface area contributed by atoms with E-state index >= 15 is 0 Å². The van der Waals surface area contributed by atoms with E-state index in [4.69, 9.17) is 4.74 Å². The number of methoxy groups -OCH3 is 1. The lowest BCUT2D eigenvalue weighted by molar-refractivity contribution is 0.372. The molecule has 0 atom stereocenters. The minimum Gasteiger partial charge on any atom is -0.494 e. The Morgan fingerprint density at radius 2 is 1.59 bits per heavy atom. The Bertz CT molecular complexity index is 976. The summed E-state index contributed by atoms with van der Waals surface area (Å²) < 4.78 is 46.9. The van der Waals surface area contributed by atoms with Gasteiger partial charge in [-0.15, -0.1) is 0 Å². The van der Waals surface area contributed by atoms with Crippen molar-refractivity contribution < 1.29 is 17.9 Å². The lowest BCUT2D eigenvalue weighted by Gasteiger charge is -2.08. The second-order valence-corrected chi connectivity index (χ2v) is 6.11. The van der Waals surface area contributed by atoms with Crippen molar-refractivity contribution in [2.45, 2.75) is 13.3 Å². The highest BCUT2D eigenvalue weighted by Crippen LogP contribution is 2.30. The third-order valence-corrected chi connectivity index (χ3v) is 4.42. The molecular formula is C23H19F3O. The number of benzene rings is 3. The van der Waals surface area contributed by atoms with Gasteiger partial charge in [0.1, 0.15) is 5.82 Å². The first kappa shape index (κ1) is 18.8. The van der Waals surface area contributed by atoms with Gasteiger partial charge in [0, 0.05) is 11.1 Å². The summed E-state index contributed by atoms with van der Waals surface area (Å²) >= 11 is 0. The summed E-state index contributed by atoms with van der Waals surface area (Å²) in [7, 11) is 1.29. The second kappa shape index (κ2) is 8.12. The van der Waals surface area contributed by atoms with Crippen LogP contribution in [0.15, 0.2) is 54.6 Å². The molecule has 3 aromatic carbocycles. The largest absolute Gasteiger partial charge is 0.494 e. The summed E-state index contributed by atoms with van der Waals surface area (Å²) in [6, 6.07) is 15.0. The Balaban J connectivity index is 1.83.